The fourth-order valence-corrected chi connectivity index (χ4v) is 2.18. The highest BCUT2D eigenvalue weighted by Crippen LogP contribution is 2.10. The molecule has 1 heterocycles. The summed E-state index contributed by atoms with van der Waals surface area (Å²) in [6.07, 6.45) is 0.363. The molecule has 5 heteroatoms. The Kier molecular flexibility index (Phi) is 5.01. The minimum absolute atomic E-state index is 0.0109. The maximum atomic E-state index is 12.8. The van der Waals surface area contributed by atoms with E-state index in [0.717, 1.165) is 6.54 Å². The maximum Gasteiger partial charge on any atom is 0.164 e. The Balaban J connectivity index is 1.87. The van der Waals surface area contributed by atoms with Crippen LogP contribution < -0.4 is 0 Å². The number of nitrogens with zero attached hydrogens (tertiary/aromatic N) is 1. The molecule has 1 aliphatic rings. The van der Waals surface area contributed by atoms with E-state index in [9.17, 15) is 14.3 Å². The molecule has 19 heavy (non-hydrogen) atoms. The van der Waals surface area contributed by atoms with Crippen molar-refractivity contribution in [2.75, 3.05) is 32.9 Å². The number of benzene rings is 1. The van der Waals surface area contributed by atoms with Gasteiger partial charge in [-0.15, -0.1) is 0 Å². The second-order valence-corrected chi connectivity index (χ2v) is 4.63. The lowest BCUT2D eigenvalue weighted by Gasteiger charge is -2.34. The van der Waals surface area contributed by atoms with Gasteiger partial charge in [0.05, 0.1) is 25.9 Å². The predicted molar refractivity (Wildman–Crippen MR) is 68.6 cm³/mol. The number of morpholine rings is 1. The summed E-state index contributed by atoms with van der Waals surface area (Å²) in [7, 11) is 0. The Bertz CT molecular complexity index is 421. The molecule has 0 bridgehead atoms. The number of rotatable bonds is 5. The van der Waals surface area contributed by atoms with Gasteiger partial charge in [0.1, 0.15) is 5.82 Å². The van der Waals surface area contributed by atoms with E-state index < -0.39 is 0 Å². The van der Waals surface area contributed by atoms with Gasteiger partial charge in [-0.3, -0.25) is 9.69 Å². The molecule has 0 spiro atoms. The molecule has 4 nitrogen and oxygen atoms in total. The molecule has 1 aliphatic heterocycles. The quantitative estimate of drug-likeness (QED) is 0.811. The van der Waals surface area contributed by atoms with Gasteiger partial charge in [0.2, 0.25) is 0 Å². The zero-order chi connectivity index (χ0) is 13.7. The van der Waals surface area contributed by atoms with Gasteiger partial charge in [-0.2, -0.15) is 0 Å². The predicted octanol–water partition coefficient (Wildman–Crippen LogP) is 1.09. The van der Waals surface area contributed by atoms with Gasteiger partial charge in [0, 0.05) is 25.1 Å². The third kappa shape index (κ3) is 3.83. The molecule has 1 unspecified atom stereocenters. The number of hydrogen-bond acceptors (Lipinski definition) is 4. The van der Waals surface area contributed by atoms with Gasteiger partial charge in [0.25, 0.3) is 0 Å². The smallest absolute Gasteiger partial charge is 0.164 e. The van der Waals surface area contributed by atoms with Gasteiger partial charge >= 0.3 is 0 Å². The number of aliphatic hydroxyl groups excluding tert-OH is 1. The van der Waals surface area contributed by atoms with E-state index in [4.69, 9.17) is 4.74 Å². The Morgan fingerprint density at radius 2 is 2.16 bits per heavy atom. The Morgan fingerprint density at radius 1 is 1.42 bits per heavy atom. The van der Waals surface area contributed by atoms with E-state index in [1.807, 2.05) is 0 Å². The lowest BCUT2D eigenvalue weighted by atomic mass is 10.1. The van der Waals surface area contributed by atoms with Crippen molar-refractivity contribution in [2.45, 2.75) is 12.5 Å². The van der Waals surface area contributed by atoms with Crippen LogP contribution in [-0.4, -0.2) is 54.7 Å². The minimum atomic E-state index is -0.343. The Morgan fingerprint density at radius 3 is 2.84 bits per heavy atom. The van der Waals surface area contributed by atoms with Crippen LogP contribution in [0, 0.1) is 5.82 Å². The summed E-state index contributed by atoms with van der Waals surface area (Å²) in [6.45, 7) is 2.47. The topological polar surface area (TPSA) is 49.8 Å². The molecular weight excluding hydrogens is 249 g/mol. The average molecular weight is 267 g/mol. The standard InChI is InChI=1S/C14H18FNO3/c15-12-3-1-11(2-4-12)14(18)5-6-16-7-8-19-10-13(16)9-17/h1-4,13,17H,5-10H2. The lowest BCUT2D eigenvalue weighted by Crippen LogP contribution is -2.48. The summed E-state index contributed by atoms with van der Waals surface area (Å²) in [5.41, 5.74) is 0.523. The number of carbonyl (C=O) groups excluding carboxylic acids is 1. The highest BCUT2D eigenvalue weighted by Gasteiger charge is 2.22. The van der Waals surface area contributed by atoms with Crippen LogP contribution in [0.3, 0.4) is 0 Å². The normalized spacial score (nSPS) is 20.4. The molecule has 0 saturated carbocycles. The maximum absolute atomic E-state index is 12.8. The van der Waals surface area contributed by atoms with Gasteiger partial charge in [0.15, 0.2) is 5.78 Å². The van der Waals surface area contributed by atoms with Gasteiger partial charge in [-0.05, 0) is 24.3 Å². The van der Waals surface area contributed by atoms with Crippen LogP contribution in [0.1, 0.15) is 16.8 Å². The zero-order valence-electron chi connectivity index (χ0n) is 10.7. The van der Waals surface area contributed by atoms with Crippen molar-refractivity contribution >= 4 is 5.78 Å². The highest BCUT2D eigenvalue weighted by molar-refractivity contribution is 5.96. The second kappa shape index (κ2) is 6.75. The number of halogens is 1. The second-order valence-electron chi connectivity index (χ2n) is 4.63. The van der Waals surface area contributed by atoms with E-state index in [1.54, 1.807) is 0 Å². The molecule has 1 aromatic rings. The van der Waals surface area contributed by atoms with Crippen molar-refractivity contribution in [1.82, 2.24) is 4.90 Å². The number of carbonyl (C=O) groups is 1. The van der Waals surface area contributed by atoms with Crippen LogP contribution in [0.5, 0.6) is 0 Å². The molecular formula is C14H18FNO3. The average Bonchev–Trinajstić information content (AvgIpc) is 2.45. The van der Waals surface area contributed by atoms with Crippen LogP contribution in [-0.2, 0) is 4.74 Å². The first-order chi connectivity index (χ1) is 9.20. The van der Waals surface area contributed by atoms with Crippen molar-refractivity contribution in [3.05, 3.63) is 35.6 Å². The van der Waals surface area contributed by atoms with Crippen molar-refractivity contribution in [2.24, 2.45) is 0 Å². The number of Topliss-reactive ketones (excluding diaryl/α,β-unsaturated/α-hetero) is 1. The fourth-order valence-electron chi connectivity index (χ4n) is 2.18. The third-order valence-electron chi connectivity index (χ3n) is 3.35. The molecule has 1 aromatic carbocycles. The van der Waals surface area contributed by atoms with Crippen molar-refractivity contribution in [1.29, 1.82) is 0 Å². The zero-order valence-corrected chi connectivity index (χ0v) is 10.7. The molecule has 1 saturated heterocycles. The summed E-state index contributed by atoms with van der Waals surface area (Å²) in [5.74, 6) is -0.353. The van der Waals surface area contributed by atoms with E-state index >= 15 is 0 Å². The first kappa shape index (κ1) is 14.1. The molecule has 0 amide bonds. The molecule has 0 radical (unpaired) electrons. The van der Waals surface area contributed by atoms with Crippen LogP contribution in [0.25, 0.3) is 0 Å². The molecule has 1 N–H and O–H groups in total. The minimum Gasteiger partial charge on any atom is -0.395 e. The van der Waals surface area contributed by atoms with Crippen LogP contribution in [0.2, 0.25) is 0 Å². The summed E-state index contributed by atoms with van der Waals surface area (Å²) >= 11 is 0. The third-order valence-corrected chi connectivity index (χ3v) is 3.35. The summed E-state index contributed by atoms with van der Waals surface area (Å²) in [6, 6.07) is 5.55. The fraction of sp³-hybridized carbons (Fsp3) is 0.500. The highest BCUT2D eigenvalue weighted by atomic mass is 19.1. The summed E-state index contributed by atoms with van der Waals surface area (Å²) in [4.78, 5) is 14.0. The number of ether oxygens (including phenoxy) is 1. The Hall–Kier alpha value is -1.30. The SMILES string of the molecule is O=C(CCN1CCOCC1CO)c1ccc(F)cc1. The molecule has 0 aromatic heterocycles. The molecule has 104 valence electrons. The molecule has 2 rings (SSSR count). The van der Waals surface area contributed by atoms with Crippen molar-refractivity contribution < 1.29 is 19.0 Å². The molecule has 1 atom stereocenters. The molecule has 1 fully saturated rings. The summed E-state index contributed by atoms with van der Waals surface area (Å²) in [5, 5.41) is 9.23. The number of ketones is 1. The largest absolute Gasteiger partial charge is 0.395 e. The van der Waals surface area contributed by atoms with Gasteiger partial charge in [-0.25, -0.2) is 4.39 Å². The lowest BCUT2D eigenvalue weighted by molar-refractivity contribution is -0.0270. The van der Waals surface area contributed by atoms with Crippen LogP contribution in [0.15, 0.2) is 24.3 Å². The first-order valence-corrected chi connectivity index (χ1v) is 6.42. The van der Waals surface area contributed by atoms with Crippen molar-refractivity contribution in [3.8, 4) is 0 Å². The monoisotopic (exact) mass is 267 g/mol. The van der Waals surface area contributed by atoms with Crippen molar-refractivity contribution in [3.63, 3.8) is 0 Å². The first-order valence-electron chi connectivity index (χ1n) is 6.42. The van der Waals surface area contributed by atoms with Gasteiger partial charge < -0.3 is 9.84 Å². The number of aliphatic hydroxyl groups is 1. The summed E-state index contributed by atoms with van der Waals surface area (Å²) < 4.78 is 18.0. The van der Waals surface area contributed by atoms with Crippen LogP contribution in [0.4, 0.5) is 4.39 Å². The molecule has 0 aliphatic carbocycles. The van der Waals surface area contributed by atoms with E-state index in [0.29, 0.717) is 31.7 Å². The van der Waals surface area contributed by atoms with E-state index in [-0.39, 0.29) is 24.2 Å². The van der Waals surface area contributed by atoms with Gasteiger partial charge in [-0.1, -0.05) is 0 Å². The number of hydrogen-bond donors (Lipinski definition) is 1. The Labute approximate surface area is 111 Å². The van der Waals surface area contributed by atoms with Crippen LogP contribution >= 0.6 is 0 Å². The van der Waals surface area contributed by atoms with E-state index in [2.05, 4.69) is 4.90 Å². The van der Waals surface area contributed by atoms with E-state index in [1.165, 1.54) is 24.3 Å².